The lowest BCUT2D eigenvalue weighted by Gasteiger charge is -2.13. The van der Waals surface area contributed by atoms with Gasteiger partial charge in [-0.25, -0.2) is 4.79 Å². The van der Waals surface area contributed by atoms with Gasteiger partial charge in [-0.1, -0.05) is 32.9 Å². The number of carboxylic acids is 1. The highest BCUT2D eigenvalue weighted by Gasteiger charge is 2.03. The van der Waals surface area contributed by atoms with Crippen molar-refractivity contribution in [1.29, 1.82) is 0 Å². The third-order valence-corrected chi connectivity index (χ3v) is 3.41. The van der Waals surface area contributed by atoms with Crippen molar-refractivity contribution in [3.63, 3.8) is 0 Å². The fourth-order valence-corrected chi connectivity index (χ4v) is 2.04. The number of hydrogen-bond acceptors (Lipinski definition) is 3. The Balaban J connectivity index is 0.000000270. The highest BCUT2D eigenvalue weighted by molar-refractivity contribution is 5.94. The molecule has 0 atom stereocenters. The van der Waals surface area contributed by atoms with Gasteiger partial charge in [0.1, 0.15) is 5.75 Å². The van der Waals surface area contributed by atoms with Crippen LogP contribution in [-0.2, 0) is 0 Å². The Morgan fingerprint density at radius 1 is 0.952 bits per heavy atom. The minimum absolute atomic E-state index is 0.181. The van der Waals surface area contributed by atoms with Gasteiger partial charge in [0.25, 0.3) is 0 Å². The third kappa shape index (κ3) is 5.08. The number of fused-ring (bicyclic) bond motifs is 1. The van der Waals surface area contributed by atoms with Crippen molar-refractivity contribution in [3.8, 4) is 5.75 Å². The van der Waals surface area contributed by atoms with E-state index in [4.69, 9.17) is 5.11 Å². The van der Waals surface area contributed by atoms with E-state index in [9.17, 15) is 9.90 Å². The molecule has 0 radical (unpaired) electrons. The Kier molecular flexibility index (Phi) is 6.69. The SMILES string of the molecule is CCN(CC)CC.O=C(O)c1ccc2cc(O)ccc2c1. The molecule has 0 aliphatic carbocycles. The van der Waals surface area contributed by atoms with E-state index in [1.165, 1.54) is 31.8 Å². The number of rotatable bonds is 4. The van der Waals surface area contributed by atoms with Crippen LogP contribution in [0.1, 0.15) is 31.1 Å². The number of carbonyl (C=O) groups is 1. The molecule has 2 rings (SSSR count). The summed E-state index contributed by atoms with van der Waals surface area (Å²) in [6, 6.07) is 9.60. The van der Waals surface area contributed by atoms with Crippen molar-refractivity contribution < 1.29 is 15.0 Å². The van der Waals surface area contributed by atoms with E-state index in [1.54, 1.807) is 24.3 Å². The van der Waals surface area contributed by atoms with Crippen LogP contribution in [0.15, 0.2) is 36.4 Å². The average Bonchev–Trinajstić information content (AvgIpc) is 2.49. The number of benzene rings is 2. The summed E-state index contributed by atoms with van der Waals surface area (Å²) in [4.78, 5) is 13.0. The summed E-state index contributed by atoms with van der Waals surface area (Å²) in [5, 5.41) is 19.6. The van der Waals surface area contributed by atoms with E-state index in [1.807, 2.05) is 0 Å². The van der Waals surface area contributed by atoms with Gasteiger partial charge in [0, 0.05) is 0 Å². The fourth-order valence-electron chi connectivity index (χ4n) is 2.04. The molecule has 0 heterocycles. The Bertz CT molecular complexity index is 586. The maximum absolute atomic E-state index is 10.7. The number of phenolic OH excluding ortho intramolecular Hbond substituents is 1. The Labute approximate surface area is 125 Å². The number of nitrogens with zero attached hydrogens (tertiary/aromatic N) is 1. The topological polar surface area (TPSA) is 60.8 Å². The highest BCUT2D eigenvalue weighted by atomic mass is 16.4. The summed E-state index contributed by atoms with van der Waals surface area (Å²) in [5.41, 5.74) is 0.253. The van der Waals surface area contributed by atoms with Gasteiger partial charge >= 0.3 is 5.97 Å². The highest BCUT2D eigenvalue weighted by Crippen LogP contribution is 2.20. The van der Waals surface area contributed by atoms with E-state index in [-0.39, 0.29) is 11.3 Å². The van der Waals surface area contributed by atoms with Crippen LogP contribution in [0, 0.1) is 0 Å². The first-order chi connectivity index (χ1) is 10.0. The number of aromatic carboxylic acids is 1. The molecule has 2 aromatic rings. The number of hydrogen-bond donors (Lipinski definition) is 2. The molecule has 4 nitrogen and oxygen atoms in total. The molecular weight excluding hydrogens is 266 g/mol. The molecule has 0 unspecified atom stereocenters. The van der Waals surface area contributed by atoms with Gasteiger partial charge in [-0.05, 0) is 54.7 Å². The lowest BCUT2D eigenvalue weighted by molar-refractivity contribution is 0.0697. The van der Waals surface area contributed by atoms with E-state index < -0.39 is 5.97 Å². The summed E-state index contributed by atoms with van der Waals surface area (Å²) in [7, 11) is 0. The van der Waals surface area contributed by atoms with E-state index >= 15 is 0 Å². The smallest absolute Gasteiger partial charge is 0.335 e. The monoisotopic (exact) mass is 289 g/mol. The molecule has 0 saturated carbocycles. The van der Waals surface area contributed by atoms with Crippen molar-refractivity contribution in [2.24, 2.45) is 0 Å². The minimum Gasteiger partial charge on any atom is -0.508 e. The standard InChI is InChI=1S/C11H8O3.C6H15N/c12-10-4-3-7-5-9(11(13)14)2-1-8(7)6-10;1-4-7(5-2)6-3/h1-6,12H,(H,13,14);4-6H2,1-3H3. The van der Waals surface area contributed by atoms with Crippen LogP contribution in [-0.4, -0.2) is 40.7 Å². The second kappa shape index (κ2) is 8.27. The van der Waals surface area contributed by atoms with Gasteiger partial charge in [-0.3, -0.25) is 0 Å². The van der Waals surface area contributed by atoms with Crippen LogP contribution in [0.3, 0.4) is 0 Å². The van der Waals surface area contributed by atoms with Crippen LogP contribution in [0.2, 0.25) is 0 Å². The predicted octanol–water partition coefficient (Wildman–Crippen LogP) is 3.59. The molecule has 0 aromatic heterocycles. The third-order valence-electron chi connectivity index (χ3n) is 3.41. The van der Waals surface area contributed by atoms with Gasteiger partial charge in [-0.2, -0.15) is 0 Å². The molecule has 2 aromatic carbocycles. The lowest BCUT2D eigenvalue weighted by atomic mass is 10.1. The van der Waals surface area contributed by atoms with Crippen molar-refractivity contribution in [2.75, 3.05) is 19.6 Å². The number of aromatic hydroxyl groups is 1. The molecule has 21 heavy (non-hydrogen) atoms. The molecule has 0 amide bonds. The molecule has 4 heteroatoms. The zero-order valence-electron chi connectivity index (χ0n) is 12.8. The summed E-state index contributed by atoms with van der Waals surface area (Å²) in [6.07, 6.45) is 0. The average molecular weight is 289 g/mol. The van der Waals surface area contributed by atoms with E-state index in [2.05, 4.69) is 25.7 Å². The molecule has 0 spiro atoms. The Hall–Kier alpha value is -2.07. The van der Waals surface area contributed by atoms with Gasteiger partial charge in [0.05, 0.1) is 5.56 Å². The Morgan fingerprint density at radius 2 is 1.48 bits per heavy atom. The number of carboxylic acid groups (broad SMARTS) is 1. The first kappa shape index (κ1) is 17.0. The van der Waals surface area contributed by atoms with E-state index in [0.29, 0.717) is 0 Å². The largest absolute Gasteiger partial charge is 0.508 e. The zero-order valence-corrected chi connectivity index (χ0v) is 12.8. The lowest BCUT2D eigenvalue weighted by Crippen LogP contribution is -2.21. The van der Waals surface area contributed by atoms with Crippen molar-refractivity contribution >= 4 is 16.7 Å². The quantitative estimate of drug-likeness (QED) is 0.903. The van der Waals surface area contributed by atoms with Crippen molar-refractivity contribution in [1.82, 2.24) is 4.90 Å². The molecule has 0 aliphatic heterocycles. The van der Waals surface area contributed by atoms with Gasteiger partial charge in [0.2, 0.25) is 0 Å². The molecule has 0 aliphatic rings. The second-order valence-corrected chi connectivity index (χ2v) is 4.67. The van der Waals surface area contributed by atoms with Crippen LogP contribution < -0.4 is 0 Å². The van der Waals surface area contributed by atoms with Gasteiger partial charge in [0.15, 0.2) is 0 Å². The predicted molar refractivity (Wildman–Crippen MR) is 86.0 cm³/mol. The number of phenols is 1. The summed E-state index contributed by atoms with van der Waals surface area (Å²) in [6.45, 7) is 10.1. The maximum Gasteiger partial charge on any atom is 0.335 e. The first-order valence-corrected chi connectivity index (χ1v) is 7.20. The molecular formula is C17H23NO3. The fraction of sp³-hybridized carbons (Fsp3) is 0.353. The molecule has 0 saturated heterocycles. The van der Waals surface area contributed by atoms with Gasteiger partial charge in [-0.15, -0.1) is 0 Å². The normalized spacial score (nSPS) is 10.3. The van der Waals surface area contributed by atoms with E-state index in [0.717, 1.165) is 10.8 Å². The molecule has 0 fully saturated rings. The van der Waals surface area contributed by atoms with Gasteiger partial charge < -0.3 is 15.1 Å². The molecule has 114 valence electrons. The molecule has 0 bridgehead atoms. The summed E-state index contributed by atoms with van der Waals surface area (Å²) in [5.74, 6) is -0.763. The van der Waals surface area contributed by atoms with Crippen LogP contribution >= 0.6 is 0 Å². The second-order valence-electron chi connectivity index (χ2n) is 4.67. The maximum atomic E-state index is 10.7. The van der Waals surface area contributed by atoms with Crippen LogP contribution in [0.5, 0.6) is 5.75 Å². The Morgan fingerprint density at radius 3 is 1.95 bits per heavy atom. The van der Waals surface area contributed by atoms with Crippen molar-refractivity contribution in [2.45, 2.75) is 20.8 Å². The summed E-state index contributed by atoms with van der Waals surface area (Å²) >= 11 is 0. The minimum atomic E-state index is -0.944. The van der Waals surface area contributed by atoms with Crippen LogP contribution in [0.4, 0.5) is 0 Å². The molecule has 2 N–H and O–H groups in total. The van der Waals surface area contributed by atoms with Crippen LogP contribution in [0.25, 0.3) is 10.8 Å². The summed E-state index contributed by atoms with van der Waals surface area (Å²) < 4.78 is 0. The van der Waals surface area contributed by atoms with Crippen molar-refractivity contribution in [3.05, 3.63) is 42.0 Å². The zero-order chi connectivity index (χ0) is 15.8. The first-order valence-electron chi connectivity index (χ1n) is 7.20.